The number of aromatic nitrogens is 3. The van der Waals surface area contributed by atoms with Crippen LogP contribution in [0, 0.1) is 6.92 Å². The van der Waals surface area contributed by atoms with Crippen molar-refractivity contribution >= 4 is 5.69 Å². The first-order chi connectivity index (χ1) is 7.66. The molecule has 0 saturated carbocycles. The van der Waals surface area contributed by atoms with Crippen molar-refractivity contribution in [2.24, 2.45) is 7.05 Å². The van der Waals surface area contributed by atoms with E-state index in [1.807, 2.05) is 43.1 Å². The summed E-state index contributed by atoms with van der Waals surface area (Å²) < 4.78 is 2.01. The van der Waals surface area contributed by atoms with Crippen LogP contribution in [0.25, 0.3) is 0 Å². The Labute approximate surface area is 95.4 Å². The minimum absolute atomic E-state index is 0.171. The molecule has 0 aliphatic rings. The van der Waals surface area contributed by atoms with E-state index in [1.54, 1.807) is 6.20 Å². The van der Waals surface area contributed by atoms with Crippen molar-refractivity contribution < 1.29 is 0 Å². The SMILES string of the molecule is Cc1ccc(NC(C)c2nccn2C)cn1. The highest BCUT2D eigenvalue weighted by Gasteiger charge is 2.09. The van der Waals surface area contributed by atoms with Crippen LogP contribution in [0.15, 0.2) is 30.7 Å². The Balaban J connectivity index is 2.10. The molecule has 0 bridgehead atoms. The van der Waals surface area contributed by atoms with Gasteiger partial charge in [0, 0.05) is 25.1 Å². The highest BCUT2D eigenvalue weighted by Crippen LogP contribution is 2.16. The molecule has 16 heavy (non-hydrogen) atoms. The third-order valence-electron chi connectivity index (χ3n) is 2.54. The highest BCUT2D eigenvalue weighted by atomic mass is 15.1. The molecule has 84 valence electrons. The van der Waals surface area contributed by atoms with Gasteiger partial charge in [0.15, 0.2) is 0 Å². The molecule has 0 spiro atoms. The third-order valence-corrected chi connectivity index (χ3v) is 2.54. The van der Waals surface area contributed by atoms with Gasteiger partial charge in [0.25, 0.3) is 0 Å². The van der Waals surface area contributed by atoms with Crippen LogP contribution in [0.4, 0.5) is 5.69 Å². The van der Waals surface area contributed by atoms with E-state index >= 15 is 0 Å². The van der Waals surface area contributed by atoms with Gasteiger partial charge in [0.2, 0.25) is 0 Å². The number of rotatable bonds is 3. The van der Waals surface area contributed by atoms with Crippen LogP contribution in [0.3, 0.4) is 0 Å². The van der Waals surface area contributed by atoms with Crippen molar-refractivity contribution in [2.45, 2.75) is 19.9 Å². The van der Waals surface area contributed by atoms with Crippen molar-refractivity contribution in [2.75, 3.05) is 5.32 Å². The van der Waals surface area contributed by atoms with E-state index in [-0.39, 0.29) is 6.04 Å². The van der Waals surface area contributed by atoms with Gasteiger partial charge in [-0.15, -0.1) is 0 Å². The summed E-state index contributed by atoms with van der Waals surface area (Å²) in [5.41, 5.74) is 2.04. The Morgan fingerprint density at radius 1 is 1.31 bits per heavy atom. The maximum absolute atomic E-state index is 4.31. The lowest BCUT2D eigenvalue weighted by molar-refractivity contribution is 0.721. The largest absolute Gasteiger partial charge is 0.374 e. The minimum Gasteiger partial charge on any atom is -0.374 e. The predicted octanol–water partition coefficient (Wildman–Crippen LogP) is 2.30. The van der Waals surface area contributed by atoms with Crippen molar-refractivity contribution in [1.29, 1.82) is 0 Å². The number of nitrogens with zero attached hydrogens (tertiary/aromatic N) is 3. The lowest BCUT2D eigenvalue weighted by Crippen LogP contribution is -2.11. The maximum atomic E-state index is 4.31. The number of aryl methyl sites for hydroxylation is 2. The summed E-state index contributed by atoms with van der Waals surface area (Å²) in [6.07, 6.45) is 5.59. The Hall–Kier alpha value is -1.84. The summed E-state index contributed by atoms with van der Waals surface area (Å²) in [5, 5.41) is 3.37. The highest BCUT2D eigenvalue weighted by molar-refractivity contribution is 5.42. The fourth-order valence-electron chi connectivity index (χ4n) is 1.66. The first-order valence-corrected chi connectivity index (χ1v) is 5.33. The van der Waals surface area contributed by atoms with Crippen LogP contribution in [0.5, 0.6) is 0 Å². The molecule has 2 heterocycles. The first kappa shape index (κ1) is 10.7. The summed E-state index contributed by atoms with van der Waals surface area (Å²) >= 11 is 0. The number of pyridine rings is 1. The van der Waals surface area contributed by atoms with E-state index in [0.29, 0.717) is 0 Å². The van der Waals surface area contributed by atoms with Gasteiger partial charge in [0.05, 0.1) is 17.9 Å². The quantitative estimate of drug-likeness (QED) is 0.856. The number of nitrogens with one attached hydrogen (secondary N) is 1. The molecule has 1 atom stereocenters. The van der Waals surface area contributed by atoms with Gasteiger partial charge in [-0.25, -0.2) is 4.98 Å². The molecule has 2 aromatic heterocycles. The van der Waals surface area contributed by atoms with Gasteiger partial charge in [-0.3, -0.25) is 4.98 Å². The molecule has 0 radical (unpaired) electrons. The minimum atomic E-state index is 0.171. The lowest BCUT2D eigenvalue weighted by atomic mass is 10.3. The molecule has 0 aliphatic carbocycles. The van der Waals surface area contributed by atoms with Crippen LogP contribution in [0.1, 0.15) is 24.5 Å². The molecule has 0 amide bonds. The maximum Gasteiger partial charge on any atom is 0.130 e. The summed E-state index contributed by atoms with van der Waals surface area (Å²) in [6.45, 7) is 4.06. The molecule has 2 aromatic rings. The van der Waals surface area contributed by atoms with Gasteiger partial charge < -0.3 is 9.88 Å². The van der Waals surface area contributed by atoms with E-state index in [0.717, 1.165) is 17.2 Å². The number of hydrogen-bond acceptors (Lipinski definition) is 3. The second kappa shape index (κ2) is 4.35. The van der Waals surface area contributed by atoms with Gasteiger partial charge >= 0.3 is 0 Å². The van der Waals surface area contributed by atoms with Crippen LogP contribution in [0.2, 0.25) is 0 Å². The second-order valence-electron chi connectivity index (χ2n) is 3.95. The van der Waals surface area contributed by atoms with Crippen molar-refractivity contribution in [1.82, 2.24) is 14.5 Å². The van der Waals surface area contributed by atoms with E-state index < -0.39 is 0 Å². The fourth-order valence-corrected chi connectivity index (χ4v) is 1.66. The lowest BCUT2D eigenvalue weighted by Gasteiger charge is -2.14. The van der Waals surface area contributed by atoms with Crippen LogP contribution < -0.4 is 5.32 Å². The van der Waals surface area contributed by atoms with E-state index in [2.05, 4.69) is 22.2 Å². The summed E-state index contributed by atoms with van der Waals surface area (Å²) in [7, 11) is 1.99. The standard InChI is InChI=1S/C12H16N4/c1-9-4-5-11(8-14-9)15-10(2)12-13-6-7-16(12)3/h4-8,10,15H,1-3H3. The van der Waals surface area contributed by atoms with Crippen molar-refractivity contribution in [3.8, 4) is 0 Å². The van der Waals surface area contributed by atoms with Gasteiger partial charge in [0.1, 0.15) is 5.82 Å². The smallest absolute Gasteiger partial charge is 0.130 e. The van der Waals surface area contributed by atoms with Crippen molar-refractivity contribution in [3.05, 3.63) is 42.2 Å². The molecule has 0 aromatic carbocycles. The molecule has 4 nitrogen and oxygen atoms in total. The summed E-state index contributed by atoms with van der Waals surface area (Å²) in [6, 6.07) is 4.19. The molecule has 1 N–H and O–H groups in total. The zero-order valence-electron chi connectivity index (χ0n) is 9.81. The summed E-state index contributed by atoms with van der Waals surface area (Å²) in [4.78, 5) is 8.56. The third kappa shape index (κ3) is 2.21. The molecule has 1 unspecified atom stereocenters. The zero-order chi connectivity index (χ0) is 11.5. The predicted molar refractivity (Wildman–Crippen MR) is 64.2 cm³/mol. The molecule has 4 heteroatoms. The monoisotopic (exact) mass is 216 g/mol. The van der Waals surface area contributed by atoms with Gasteiger partial charge in [-0.05, 0) is 26.0 Å². The molecule has 0 fully saturated rings. The first-order valence-electron chi connectivity index (χ1n) is 5.33. The van der Waals surface area contributed by atoms with Crippen LogP contribution in [-0.2, 0) is 7.05 Å². The normalized spacial score (nSPS) is 12.4. The Bertz CT molecular complexity index is 458. The Morgan fingerprint density at radius 2 is 2.12 bits per heavy atom. The molecule has 0 aliphatic heterocycles. The number of anilines is 1. The number of imidazole rings is 1. The molecule has 0 saturated heterocycles. The fraction of sp³-hybridized carbons (Fsp3) is 0.333. The topological polar surface area (TPSA) is 42.7 Å². The average Bonchev–Trinajstić information content (AvgIpc) is 2.68. The molecular formula is C12H16N4. The van der Waals surface area contributed by atoms with E-state index in [1.165, 1.54) is 0 Å². The van der Waals surface area contributed by atoms with E-state index in [9.17, 15) is 0 Å². The number of hydrogen-bond donors (Lipinski definition) is 1. The van der Waals surface area contributed by atoms with E-state index in [4.69, 9.17) is 0 Å². The summed E-state index contributed by atoms with van der Waals surface area (Å²) in [5.74, 6) is 1.01. The zero-order valence-corrected chi connectivity index (χ0v) is 9.81. The van der Waals surface area contributed by atoms with Crippen molar-refractivity contribution in [3.63, 3.8) is 0 Å². The molecule has 2 rings (SSSR count). The van der Waals surface area contributed by atoms with Crippen LogP contribution >= 0.6 is 0 Å². The Kier molecular flexibility index (Phi) is 2.90. The second-order valence-corrected chi connectivity index (χ2v) is 3.95. The van der Waals surface area contributed by atoms with Gasteiger partial charge in [-0.2, -0.15) is 0 Å². The molecular weight excluding hydrogens is 200 g/mol. The Morgan fingerprint density at radius 3 is 2.69 bits per heavy atom. The van der Waals surface area contributed by atoms with Gasteiger partial charge in [-0.1, -0.05) is 0 Å². The van der Waals surface area contributed by atoms with Crippen LogP contribution in [-0.4, -0.2) is 14.5 Å². The average molecular weight is 216 g/mol.